The maximum absolute atomic E-state index is 11.5. The van der Waals surface area contributed by atoms with Crippen LogP contribution in [0, 0.1) is 10.1 Å². The molecule has 1 aliphatic heterocycles. The number of piperidine rings is 1. The molecule has 1 heterocycles. The van der Waals surface area contributed by atoms with Gasteiger partial charge in [-0.05, 0) is 25.3 Å². The molecule has 3 N–H and O–H groups in total. The zero-order valence-corrected chi connectivity index (χ0v) is 11.2. The Bertz CT molecular complexity index is 601. The number of nitrogens with zero attached hydrogens (tertiary/aromatic N) is 2. The molecule has 1 amide bonds. The summed E-state index contributed by atoms with van der Waals surface area (Å²) in [7, 11) is 0. The number of benzene rings is 1. The molecule has 1 atom stereocenters. The Balaban J connectivity index is 2.52. The standard InChI is InChI=1S/C13H15N3O5/c14-12(17)10-3-1-2-6-15(10)11-7-8(16(20)21)4-5-9(11)13(18)19/h4-5,7,10H,1-3,6H2,(H2,14,17)(H,18,19). The fourth-order valence-electron chi connectivity index (χ4n) is 2.57. The number of hydrogen-bond acceptors (Lipinski definition) is 5. The third-order valence-corrected chi connectivity index (χ3v) is 3.56. The highest BCUT2D eigenvalue weighted by Crippen LogP contribution is 2.31. The number of aromatic carboxylic acids is 1. The van der Waals surface area contributed by atoms with Gasteiger partial charge in [0.05, 0.1) is 16.2 Å². The normalized spacial score (nSPS) is 18.3. The number of carboxylic acids is 1. The molecule has 1 unspecified atom stereocenters. The number of rotatable bonds is 4. The number of anilines is 1. The first-order chi connectivity index (χ1) is 9.91. The van der Waals surface area contributed by atoms with E-state index in [9.17, 15) is 24.8 Å². The van der Waals surface area contributed by atoms with E-state index in [1.165, 1.54) is 12.1 Å². The maximum atomic E-state index is 11.5. The van der Waals surface area contributed by atoms with Crippen molar-refractivity contribution < 1.29 is 19.6 Å². The SMILES string of the molecule is NC(=O)C1CCCCN1c1cc([N+](=O)[O-])ccc1C(=O)O. The number of nitro groups is 1. The summed E-state index contributed by atoms with van der Waals surface area (Å²) in [5.41, 5.74) is 5.23. The van der Waals surface area contributed by atoms with Crippen molar-refractivity contribution in [2.45, 2.75) is 25.3 Å². The first kappa shape index (κ1) is 14.8. The Morgan fingerprint density at radius 1 is 1.38 bits per heavy atom. The van der Waals surface area contributed by atoms with E-state index in [2.05, 4.69) is 0 Å². The van der Waals surface area contributed by atoms with Crippen molar-refractivity contribution in [3.8, 4) is 0 Å². The maximum Gasteiger partial charge on any atom is 0.337 e. The summed E-state index contributed by atoms with van der Waals surface area (Å²) in [6, 6.07) is 2.86. The lowest BCUT2D eigenvalue weighted by Crippen LogP contribution is -2.48. The Morgan fingerprint density at radius 2 is 2.10 bits per heavy atom. The van der Waals surface area contributed by atoms with Gasteiger partial charge in [-0.2, -0.15) is 0 Å². The van der Waals surface area contributed by atoms with Gasteiger partial charge in [0.15, 0.2) is 0 Å². The molecule has 0 aromatic heterocycles. The summed E-state index contributed by atoms with van der Waals surface area (Å²) in [5, 5.41) is 20.1. The molecule has 1 aromatic rings. The van der Waals surface area contributed by atoms with Gasteiger partial charge in [0, 0.05) is 18.7 Å². The van der Waals surface area contributed by atoms with E-state index in [-0.39, 0.29) is 16.9 Å². The first-order valence-electron chi connectivity index (χ1n) is 6.49. The van der Waals surface area contributed by atoms with Crippen LogP contribution in [-0.4, -0.2) is 34.5 Å². The van der Waals surface area contributed by atoms with E-state index in [4.69, 9.17) is 5.73 Å². The summed E-state index contributed by atoms with van der Waals surface area (Å²) in [5.74, 6) is -1.76. The molecule has 8 heteroatoms. The Kier molecular flexibility index (Phi) is 4.06. The molecule has 0 radical (unpaired) electrons. The molecule has 8 nitrogen and oxygen atoms in total. The van der Waals surface area contributed by atoms with Gasteiger partial charge in [-0.3, -0.25) is 14.9 Å². The summed E-state index contributed by atoms with van der Waals surface area (Å²) in [6.07, 6.45) is 2.09. The lowest BCUT2D eigenvalue weighted by atomic mass is 9.99. The molecule has 0 spiro atoms. The van der Waals surface area contributed by atoms with Crippen LogP contribution in [0.5, 0.6) is 0 Å². The average Bonchev–Trinajstić information content (AvgIpc) is 2.46. The van der Waals surface area contributed by atoms with Gasteiger partial charge in [-0.1, -0.05) is 0 Å². The Labute approximate surface area is 120 Å². The lowest BCUT2D eigenvalue weighted by Gasteiger charge is -2.36. The number of amides is 1. The van der Waals surface area contributed by atoms with Crippen LogP contribution < -0.4 is 10.6 Å². The van der Waals surface area contributed by atoms with E-state index < -0.39 is 22.8 Å². The van der Waals surface area contributed by atoms with Gasteiger partial charge in [0.25, 0.3) is 5.69 Å². The van der Waals surface area contributed by atoms with Crippen LogP contribution in [-0.2, 0) is 4.79 Å². The second kappa shape index (κ2) is 5.78. The predicted octanol–water partition coefficient (Wildman–Crippen LogP) is 1.14. The van der Waals surface area contributed by atoms with Crippen molar-refractivity contribution >= 4 is 23.3 Å². The predicted molar refractivity (Wildman–Crippen MR) is 74.2 cm³/mol. The monoisotopic (exact) mass is 293 g/mol. The van der Waals surface area contributed by atoms with E-state index in [0.717, 1.165) is 18.9 Å². The van der Waals surface area contributed by atoms with Gasteiger partial charge < -0.3 is 15.7 Å². The number of primary amides is 1. The number of nitrogens with two attached hydrogens (primary N) is 1. The summed E-state index contributed by atoms with van der Waals surface area (Å²) < 4.78 is 0. The van der Waals surface area contributed by atoms with Crippen molar-refractivity contribution in [1.29, 1.82) is 0 Å². The van der Waals surface area contributed by atoms with Crippen LogP contribution in [0.1, 0.15) is 29.6 Å². The second-order valence-electron chi connectivity index (χ2n) is 4.87. The molecule has 1 fully saturated rings. The number of nitro benzene ring substituents is 1. The van der Waals surface area contributed by atoms with Gasteiger partial charge in [-0.15, -0.1) is 0 Å². The first-order valence-corrected chi connectivity index (χ1v) is 6.49. The van der Waals surface area contributed by atoms with Crippen LogP contribution >= 0.6 is 0 Å². The van der Waals surface area contributed by atoms with Crippen molar-refractivity contribution in [3.63, 3.8) is 0 Å². The van der Waals surface area contributed by atoms with Gasteiger partial charge in [0.2, 0.25) is 5.91 Å². The van der Waals surface area contributed by atoms with E-state index in [0.29, 0.717) is 13.0 Å². The molecule has 112 valence electrons. The Hall–Kier alpha value is -2.64. The highest BCUT2D eigenvalue weighted by Gasteiger charge is 2.30. The van der Waals surface area contributed by atoms with Crippen LogP contribution in [0.25, 0.3) is 0 Å². The molecule has 0 aliphatic carbocycles. The minimum absolute atomic E-state index is 0.0752. The van der Waals surface area contributed by atoms with E-state index in [1.54, 1.807) is 4.90 Å². The molecule has 21 heavy (non-hydrogen) atoms. The number of non-ortho nitro benzene ring substituents is 1. The van der Waals surface area contributed by atoms with Crippen molar-refractivity contribution in [2.75, 3.05) is 11.4 Å². The summed E-state index contributed by atoms with van der Waals surface area (Å²) >= 11 is 0. The van der Waals surface area contributed by atoms with Gasteiger partial charge in [0.1, 0.15) is 6.04 Å². The molecule has 0 saturated carbocycles. The zero-order valence-electron chi connectivity index (χ0n) is 11.2. The van der Waals surface area contributed by atoms with Gasteiger partial charge >= 0.3 is 5.97 Å². The fourth-order valence-corrected chi connectivity index (χ4v) is 2.57. The molecule has 0 bridgehead atoms. The van der Waals surface area contributed by atoms with Gasteiger partial charge in [-0.25, -0.2) is 4.79 Å². The van der Waals surface area contributed by atoms with Crippen molar-refractivity contribution in [1.82, 2.24) is 0 Å². The molecule has 1 saturated heterocycles. The molecular formula is C13H15N3O5. The van der Waals surface area contributed by atoms with Crippen molar-refractivity contribution in [2.24, 2.45) is 5.73 Å². The van der Waals surface area contributed by atoms with Crippen LogP contribution in [0.15, 0.2) is 18.2 Å². The Morgan fingerprint density at radius 3 is 2.67 bits per heavy atom. The summed E-state index contributed by atoms with van der Waals surface area (Å²) in [6.45, 7) is 0.440. The number of carbonyl (C=O) groups excluding carboxylic acids is 1. The third-order valence-electron chi connectivity index (χ3n) is 3.56. The molecular weight excluding hydrogens is 278 g/mol. The smallest absolute Gasteiger partial charge is 0.337 e. The minimum atomic E-state index is -1.20. The highest BCUT2D eigenvalue weighted by molar-refractivity contribution is 5.96. The molecule has 1 aliphatic rings. The van der Waals surface area contributed by atoms with E-state index in [1.807, 2.05) is 0 Å². The topological polar surface area (TPSA) is 127 Å². The number of carbonyl (C=O) groups is 2. The summed E-state index contributed by atoms with van der Waals surface area (Å²) in [4.78, 5) is 34.7. The largest absolute Gasteiger partial charge is 0.478 e. The minimum Gasteiger partial charge on any atom is -0.478 e. The van der Waals surface area contributed by atoms with Crippen molar-refractivity contribution in [3.05, 3.63) is 33.9 Å². The lowest BCUT2D eigenvalue weighted by molar-refractivity contribution is -0.384. The third kappa shape index (κ3) is 2.93. The van der Waals surface area contributed by atoms with E-state index >= 15 is 0 Å². The van der Waals surface area contributed by atoms with Crippen LogP contribution in [0.2, 0.25) is 0 Å². The zero-order chi connectivity index (χ0) is 15.6. The number of hydrogen-bond donors (Lipinski definition) is 2. The quantitative estimate of drug-likeness (QED) is 0.633. The highest BCUT2D eigenvalue weighted by atomic mass is 16.6. The van der Waals surface area contributed by atoms with Crippen LogP contribution in [0.4, 0.5) is 11.4 Å². The molecule has 2 rings (SSSR count). The second-order valence-corrected chi connectivity index (χ2v) is 4.87. The van der Waals surface area contributed by atoms with Crippen LogP contribution in [0.3, 0.4) is 0 Å². The molecule has 1 aromatic carbocycles. The number of carboxylic acid groups (broad SMARTS) is 1. The fraction of sp³-hybridized carbons (Fsp3) is 0.385. The average molecular weight is 293 g/mol.